The average molecular weight is 329 g/mol. The van der Waals surface area contributed by atoms with E-state index in [4.69, 9.17) is 4.74 Å². The number of urea groups is 1. The number of ether oxygens (including phenoxy) is 1. The number of carbonyl (C=O) groups is 1. The summed E-state index contributed by atoms with van der Waals surface area (Å²) in [6.07, 6.45) is 0.803. The number of benzene rings is 1. The molecule has 1 rings (SSSR count). The van der Waals surface area contributed by atoms with Gasteiger partial charge >= 0.3 is 6.03 Å². The predicted molar refractivity (Wildman–Crippen MR) is 85.8 cm³/mol. The Balaban J connectivity index is 3.06. The van der Waals surface area contributed by atoms with Gasteiger partial charge in [-0.05, 0) is 38.5 Å². The molecule has 0 unspecified atom stereocenters. The van der Waals surface area contributed by atoms with Gasteiger partial charge < -0.3 is 15.4 Å². The van der Waals surface area contributed by atoms with E-state index in [2.05, 4.69) is 15.4 Å². The van der Waals surface area contributed by atoms with Crippen molar-refractivity contribution in [3.05, 3.63) is 18.2 Å². The first-order valence-corrected chi connectivity index (χ1v) is 8.53. The summed E-state index contributed by atoms with van der Waals surface area (Å²) in [5.41, 5.74) is 0.294. The van der Waals surface area contributed by atoms with Crippen molar-refractivity contribution >= 4 is 21.7 Å². The van der Waals surface area contributed by atoms with Crippen LogP contribution in [0.4, 0.5) is 10.5 Å². The van der Waals surface area contributed by atoms with Crippen LogP contribution in [-0.4, -0.2) is 34.1 Å². The molecule has 0 spiro atoms. The van der Waals surface area contributed by atoms with Crippen LogP contribution in [0.3, 0.4) is 0 Å². The topological polar surface area (TPSA) is 96.5 Å². The minimum absolute atomic E-state index is 0.0628. The molecule has 124 valence electrons. The normalized spacial score (nSPS) is 11.3. The molecule has 0 saturated carbocycles. The van der Waals surface area contributed by atoms with Gasteiger partial charge in [-0.15, -0.1) is 0 Å². The van der Waals surface area contributed by atoms with Crippen molar-refractivity contribution in [2.75, 3.05) is 19.0 Å². The molecule has 0 saturated heterocycles. The number of hydrogen-bond donors (Lipinski definition) is 3. The minimum atomic E-state index is -3.64. The first-order chi connectivity index (χ1) is 10.3. The van der Waals surface area contributed by atoms with Crippen LogP contribution in [0.25, 0.3) is 0 Å². The number of nitrogens with one attached hydrogen (secondary N) is 3. The number of amides is 2. The van der Waals surface area contributed by atoms with Crippen molar-refractivity contribution in [1.82, 2.24) is 10.0 Å². The molecule has 1 aromatic carbocycles. The van der Waals surface area contributed by atoms with Gasteiger partial charge in [0, 0.05) is 12.6 Å². The maximum atomic E-state index is 12.2. The van der Waals surface area contributed by atoms with Crippen molar-refractivity contribution in [2.45, 2.75) is 38.1 Å². The summed E-state index contributed by atoms with van der Waals surface area (Å²) >= 11 is 0. The van der Waals surface area contributed by atoms with Gasteiger partial charge in [-0.2, -0.15) is 0 Å². The lowest BCUT2D eigenvalue weighted by atomic mass is 10.3. The molecular weight excluding hydrogens is 306 g/mol. The molecule has 0 heterocycles. The van der Waals surface area contributed by atoms with E-state index < -0.39 is 16.1 Å². The van der Waals surface area contributed by atoms with Crippen LogP contribution in [0.5, 0.6) is 5.75 Å². The summed E-state index contributed by atoms with van der Waals surface area (Å²) in [6, 6.07) is 3.67. The molecule has 8 heteroatoms. The van der Waals surface area contributed by atoms with E-state index in [0.29, 0.717) is 18.0 Å². The highest BCUT2D eigenvalue weighted by Crippen LogP contribution is 2.27. The van der Waals surface area contributed by atoms with Gasteiger partial charge in [0.1, 0.15) is 5.75 Å². The highest BCUT2D eigenvalue weighted by molar-refractivity contribution is 7.89. The molecular formula is C14H23N3O4S. The molecule has 7 nitrogen and oxygen atoms in total. The third kappa shape index (κ3) is 5.19. The summed E-state index contributed by atoms with van der Waals surface area (Å²) in [4.78, 5) is 11.8. The van der Waals surface area contributed by atoms with Gasteiger partial charge in [0.05, 0.1) is 17.7 Å². The summed E-state index contributed by atoms with van der Waals surface area (Å²) in [6.45, 7) is 5.93. The number of sulfonamides is 1. The Morgan fingerprint density at radius 3 is 2.55 bits per heavy atom. The molecule has 2 amide bonds. The Morgan fingerprint density at radius 1 is 1.32 bits per heavy atom. The average Bonchev–Trinajstić information content (AvgIpc) is 2.43. The quantitative estimate of drug-likeness (QED) is 0.712. The van der Waals surface area contributed by atoms with E-state index in [1.165, 1.54) is 25.3 Å². The number of anilines is 1. The van der Waals surface area contributed by atoms with Crippen LogP contribution in [0.15, 0.2) is 23.1 Å². The lowest BCUT2D eigenvalue weighted by Gasteiger charge is -2.14. The van der Waals surface area contributed by atoms with E-state index in [1.54, 1.807) is 13.8 Å². The fraction of sp³-hybridized carbons (Fsp3) is 0.500. The zero-order chi connectivity index (χ0) is 16.8. The van der Waals surface area contributed by atoms with Crippen LogP contribution >= 0.6 is 0 Å². The molecule has 0 bridgehead atoms. The van der Waals surface area contributed by atoms with Crippen molar-refractivity contribution in [3.8, 4) is 5.75 Å². The maximum absolute atomic E-state index is 12.2. The van der Waals surface area contributed by atoms with E-state index in [-0.39, 0.29) is 10.9 Å². The Kier molecular flexibility index (Phi) is 6.63. The van der Waals surface area contributed by atoms with Crippen molar-refractivity contribution < 1.29 is 17.9 Å². The summed E-state index contributed by atoms with van der Waals surface area (Å²) in [5, 5.41) is 5.25. The van der Waals surface area contributed by atoms with Gasteiger partial charge in [0.25, 0.3) is 0 Å². The van der Waals surface area contributed by atoms with Crippen molar-refractivity contribution in [3.63, 3.8) is 0 Å². The lowest BCUT2D eigenvalue weighted by molar-refractivity contribution is 0.252. The molecule has 0 aliphatic carbocycles. The second kappa shape index (κ2) is 8.00. The molecule has 3 N–H and O–H groups in total. The number of hydrogen-bond acceptors (Lipinski definition) is 4. The number of rotatable bonds is 7. The molecule has 0 aliphatic rings. The Bertz CT molecular complexity index is 615. The molecule has 0 atom stereocenters. The van der Waals surface area contributed by atoms with Gasteiger partial charge in [-0.1, -0.05) is 6.92 Å². The minimum Gasteiger partial charge on any atom is -0.495 e. The fourth-order valence-corrected chi connectivity index (χ4v) is 3.01. The highest BCUT2D eigenvalue weighted by Gasteiger charge is 2.18. The van der Waals surface area contributed by atoms with E-state index in [1.807, 2.05) is 6.92 Å². The summed E-state index contributed by atoms with van der Waals surface area (Å²) in [7, 11) is -2.19. The predicted octanol–water partition coefficient (Wildman–Crippen LogP) is 1.91. The Labute approximate surface area is 131 Å². The number of methoxy groups -OCH3 is 1. The maximum Gasteiger partial charge on any atom is 0.319 e. The standard InChI is InChI=1S/C14H23N3O4S/c1-5-8-15-14(18)16-12-9-11(6-7-13(12)21-4)22(19,20)17-10(2)3/h6-7,9-10,17H,5,8H2,1-4H3,(H2,15,16,18). The zero-order valence-electron chi connectivity index (χ0n) is 13.3. The molecule has 0 aromatic heterocycles. The van der Waals surface area contributed by atoms with Gasteiger partial charge in [0.15, 0.2) is 0 Å². The van der Waals surface area contributed by atoms with E-state index >= 15 is 0 Å². The molecule has 0 radical (unpaired) electrons. The van der Waals surface area contributed by atoms with Crippen LogP contribution in [0.2, 0.25) is 0 Å². The third-order valence-corrected chi connectivity index (χ3v) is 4.31. The molecule has 1 aromatic rings. The zero-order valence-corrected chi connectivity index (χ0v) is 14.1. The lowest BCUT2D eigenvalue weighted by Crippen LogP contribution is -2.31. The fourth-order valence-electron chi connectivity index (χ4n) is 1.74. The monoisotopic (exact) mass is 329 g/mol. The van der Waals surface area contributed by atoms with Crippen LogP contribution in [0, 0.1) is 0 Å². The van der Waals surface area contributed by atoms with E-state index in [9.17, 15) is 13.2 Å². The van der Waals surface area contributed by atoms with Crippen LogP contribution in [-0.2, 0) is 10.0 Å². The first kappa shape index (κ1) is 18.2. The van der Waals surface area contributed by atoms with Gasteiger partial charge in [-0.25, -0.2) is 17.9 Å². The second-order valence-corrected chi connectivity index (χ2v) is 6.73. The highest BCUT2D eigenvalue weighted by atomic mass is 32.2. The second-order valence-electron chi connectivity index (χ2n) is 5.02. The summed E-state index contributed by atoms with van der Waals surface area (Å²) < 4.78 is 32.0. The molecule has 0 fully saturated rings. The van der Waals surface area contributed by atoms with Crippen molar-refractivity contribution in [2.24, 2.45) is 0 Å². The number of carbonyl (C=O) groups excluding carboxylic acids is 1. The van der Waals surface area contributed by atoms with Gasteiger partial charge in [-0.3, -0.25) is 0 Å². The van der Waals surface area contributed by atoms with E-state index in [0.717, 1.165) is 6.42 Å². The SMILES string of the molecule is CCCNC(=O)Nc1cc(S(=O)(=O)NC(C)C)ccc1OC. The molecule has 22 heavy (non-hydrogen) atoms. The summed E-state index contributed by atoms with van der Waals surface area (Å²) in [5.74, 6) is 0.384. The smallest absolute Gasteiger partial charge is 0.319 e. The van der Waals surface area contributed by atoms with Crippen molar-refractivity contribution in [1.29, 1.82) is 0 Å². The van der Waals surface area contributed by atoms with Gasteiger partial charge in [0.2, 0.25) is 10.0 Å². The first-order valence-electron chi connectivity index (χ1n) is 7.05. The third-order valence-electron chi connectivity index (χ3n) is 2.66. The molecule has 0 aliphatic heterocycles. The Morgan fingerprint density at radius 2 is 2.00 bits per heavy atom. The largest absolute Gasteiger partial charge is 0.495 e. The van der Waals surface area contributed by atoms with Crippen LogP contribution in [0.1, 0.15) is 27.2 Å². The Hall–Kier alpha value is -1.80. The van der Waals surface area contributed by atoms with Crippen LogP contribution < -0.4 is 20.1 Å².